The van der Waals surface area contributed by atoms with Crippen molar-refractivity contribution in [3.8, 4) is 5.75 Å². The number of hydrogen-bond donors (Lipinski definition) is 2. The van der Waals surface area contributed by atoms with Gasteiger partial charge >= 0.3 is 0 Å². The van der Waals surface area contributed by atoms with Crippen molar-refractivity contribution in [2.24, 2.45) is 0 Å². The summed E-state index contributed by atoms with van der Waals surface area (Å²) in [6.07, 6.45) is 3.65. The average molecular weight is 387 g/mol. The third kappa shape index (κ3) is 3.20. The van der Waals surface area contributed by atoms with E-state index in [1.54, 1.807) is 12.4 Å². The molecule has 1 aliphatic heterocycles. The van der Waals surface area contributed by atoms with Crippen LogP contribution in [-0.2, 0) is 6.42 Å². The first-order chi connectivity index (χ1) is 14.2. The van der Waals surface area contributed by atoms with E-state index >= 15 is 0 Å². The molecule has 2 aromatic carbocycles. The minimum Gasteiger partial charge on any atom is -0.459 e. The van der Waals surface area contributed by atoms with E-state index in [9.17, 15) is 4.39 Å². The zero-order chi connectivity index (χ0) is 19.8. The Morgan fingerprint density at radius 2 is 1.97 bits per heavy atom. The number of rotatable bonds is 4. The lowest BCUT2D eigenvalue weighted by Crippen LogP contribution is -2.26. The van der Waals surface area contributed by atoms with E-state index in [4.69, 9.17) is 4.74 Å². The lowest BCUT2D eigenvalue weighted by molar-refractivity contribution is 0.386. The second-order valence-electron chi connectivity index (χ2n) is 6.93. The van der Waals surface area contributed by atoms with E-state index < -0.39 is 0 Å². The quantitative estimate of drug-likeness (QED) is 0.545. The average Bonchev–Trinajstić information content (AvgIpc) is 3.23. The smallest absolute Gasteiger partial charge is 0.182 e. The van der Waals surface area contributed by atoms with Gasteiger partial charge in [-0.25, -0.2) is 19.3 Å². The zero-order valence-electron chi connectivity index (χ0n) is 15.7. The fraction of sp³-hybridized carbons (Fsp3) is 0.136. The lowest BCUT2D eigenvalue weighted by atomic mass is 9.92. The minimum atomic E-state index is -0.267. The number of allylic oxidation sites excluding steroid dienone is 1. The summed E-state index contributed by atoms with van der Waals surface area (Å²) in [6.45, 7) is 2.01. The van der Waals surface area contributed by atoms with E-state index in [2.05, 4.69) is 25.3 Å². The van der Waals surface area contributed by atoms with E-state index in [0.29, 0.717) is 23.6 Å². The molecular formula is C22H18FN5O. The highest BCUT2D eigenvalue weighted by Crippen LogP contribution is 2.37. The van der Waals surface area contributed by atoms with E-state index in [0.717, 1.165) is 28.0 Å². The normalized spacial score (nSPS) is 14.4. The lowest BCUT2D eigenvalue weighted by Gasteiger charge is -2.28. The van der Waals surface area contributed by atoms with Gasteiger partial charge in [0.05, 0.1) is 12.4 Å². The van der Waals surface area contributed by atoms with Crippen LogP contribution in [-0.4, -0.2) is 26.0 Å². The van der Waals surface area contributed by atoms with Gasteiger partial charge < -0.3 is 15.0 Å². The molecule has 0 unspecified atom stereocenters. The first kappa shape index (κ1) is 17.4. The van der Waals surface area contributed by atoms with E-state index in [-0.39, 0.29) is 11.9 Å². The molecule has 0 aliphatic carbocycles. The molecule has 4 aromatic rings. The third-order valence-corrected chi connectivity index (χ3v) is 5.00. The van der Waals surface area contributed by atoms with Gasteiger partial charge in [-0.3, -0.25) is 0 Å². The summed E-state index contributed by atoms with van der Waals surface area (Å²) in [5.74, 6) is 1.83. The molecule has 0 amide bonds. The van der Waals surface area contributed by atoms with Gasteiger partial charge in [-0.05, 0) is 30.7 Å². The van der Waals surface area contributed by atoms with Crippen molar-refractivity contribution in [2.75, 3.05) is 5.32 Å². The van der Waals surface area contributed by atoms with Crippen LogP contribution in [0.4, 0.5) is 10.2 Å². The van der Waals surface area contributed by atoms with Crippen LogP contribution < -0.4 is 10.1 Å². The summed E-state index contributed by atoms with van der Waals surface area (Å²) in [5, 5.41) is 3.40. The topological polar surface area (TPSA) is 75.7 Å². The van der Waals surface area contributed by atoms with Crippen LogP contribution in [0.3, 0.4) is 0 Å². The Hall–Kier alpha value is -3.74. The van der Waals surface area contributed by atoms with Crippen molar-refractivity contribution >= 4 is 22.6 Å². The highest BCUT2D eigenvalue weighted by Gasteiger charge is 2.26. The van der Waals surface area contributed by atoms with Gasteiger partial charge in [0.2, 0.25) is 0 Å². The van der Waals surface area contributed by atoms with Crippen LogP contribution in [0, 0.1) is 5.82 Å². The Bertz CT molecular complexity index is 1220. The van der Waals surface area contributed by atoms with Gasteiger partial charge in [-0.15, -0.1) is 0 Å². The molecule has 0 fully saturated rings. The van der Waals surface area contributed by atoms with Gasteiger partial charge in [-0.2, -0.15) is 0 Å². The fourth-order valence-corrected chi connectivity index (χ4v) is 3.62. The SMILES string of the molecule is C[C@H](Nc1ncnc2nc[nH]c12)C1=C(c2ccccc2)Cc2cc(F)ccc2O1. The first-order valence-electron chi connectivity index (χ1n) is 9.34. The van der Waals surface area contributed by atoms with E-state index in [1.807, 2.05) is 37.3 Å². The number of aromatic nitrogens is 4. The number of fused-ring (bicyclic) bond motifs is 2. The molecular weight excluding hydrogens is 369 g/mol. The number of anilines is 1. The van der Waals surface area contributed by atoms with Crippen molar-refractivity contribution < 1.29 is 9.13 Å². The number of aromatic amines is 1. The van der Waals surface area contributed by atoms with Gasteiger partial charge in [-0.1, -0.05) is 30.3 Å². The van der Waals surface area contributed by atoms with Gasteiger partial charge in [0.15, 0.2) is 11.5 Å². The molecule has 6 nitrogen and oxygen atoms in total. The zero-order valence-corrected chi connectivity index (χ0v) is 15.7. The molecule has 1 atom stereocenters. The molecule has 0 saturated carbocycles. The largest absolute Gasteiger partial charge is 0.459 e. The molecule has 0 saturated heterocycles. The third-order valence-electron chi connectivity index (χ3n) is 5.00. The summed E-state index contributed by atoms with van der Waals surface area (Å²) in [4.78, 5) is 15.7. The van der Waals surface area contributed by atoms with Crippen LogP contribution in [0.5, 0.6) is 5.75 Å². The molecule has 2 N–H and O–H groups in total. The maximum absolute atomic E-state index is 13.8. The number of imidazole rings is 1. The number of benzene rings is 2. The standard InChI is InChI=1S/C22H18FN5O/c1-13(28-22-19-21(25-11-24-19)26-12-27-22)20-17(14-5-3-2-4-6-14)10-15-9-16(23)7-8-18(15)29-20/h2-9,11-13H,10H2,1H3,(H2,24,25,26,27,28)/t13-/m0/s1. The second-order valence-corrected chi connectivity index (χ2v) is 6.93. The van der Waals surface area contributed by atoms with Crippen molar-refractivity contribution in [3.63, 3.8) is 0 Å². The Balaban J connectivity index is 1.56. The van der Waals surface area contributed by atoms with Gasteiger partial charge in [0, 0.05) is 17.6 Å². The molecule has 29 heavy (non-hydrogen) atoms. The molecule has 0 bridgehead atoms. The van der Waals surface area contributed by atoms with Crippen molar-refractivity contribution in [2.45, 2.75) is 19.4 Å². The monoisotopic (exact) mass is 387 g/mol. The van der Waals surface area contributed by atoms with Crippen molar-refractivity contribution in [1.29, 1.82) is 0 Å². The highest BCUT2D eigenvalue weighted by molar-refractivity contribution is 5.82. The predicted octanol–water partition coefficient (Wildman–Crippen LogP) is 4.34. The van der Waals surface area contributed by atoms with Crippen molar-refractivity contribution in [3.05, 3.63) is 83.9 Å². The highest BCUT2D eigenvalue weighted by atomic mass is 19.1. The van der Waals surface area contributed by atoms with Crippen LogP contribution >= 0.6 is 0 Å². The number of nitrogens with zero attached hydrogens (tertiary/aromatic N) is 3. The molecule has 5 rings (SSSR count). The molecule has 0 radical (unpaired) electrons. The number of nitrogens with one attached hydrogen (secondary N) is 2. The maximum atomic E-state index is 13.8. The molecule has 3 heterocycles. The van der Waals surface area contributed by atoms with Crippen LogP contribution in [0.1, 0.15) is 18.1 Å². The molecule has 2 aromatic heterocycles. The molecule has 1 aliphatic rings. The van der Waals surface area contributed by atoms with E-state index in [1.165, 1.54) is 18.5 Å². The minimum absolute atomic E-state index is 0.190. The van der Waals surface area contributed by atoms with Gasteiger partial charge in [0.25, 0.3) is 0 Å². The summed E-state index contributed by atoms with van der Waals surface area (Å²) >= 11 is 0. The first-order valence-corrected chi connectivity index (χ1v) is 9.34. The summed E-state index contributed by atoms with van der Waals surface area (Å²) < 4.78 is 20.0. The Morgan fingerprint density at radius 1 is 1.10 bits per heavy atom. The molecule has 0 spiro atoms. The number of ether oxygens (including phenoxy) is 1. The Morgan fingerprint density at radius 3 is 2.83 bits per heavy atom. The van der Waals surface area contributed by atoms with Gasteiger partial charge in [0.1, 0.15) is 29.2 Å². The summed E-state index contributed by atoms with van der Waals surface area (Å²) in [7, 11) is 0. The Labute approximate surface area is 166 Å². The summed E-state index contributed by atoms with van der Waals surface area (Å²) in [5.41, 5.74) is 4.22. The Kier molecular flexibility index (Phi) is 4.20. The number of halogens is 1. The van der Waals surface area contributed by atoms with Crippen LogP contribution in [0.15, 0.2) is 66.9 Å². The van der Waals surface area contributed by atoms with Crippen molar-refractivity contribution in [1.82, 2.24) is 19.9 Å². The number of H-pyrrole nitrogens is 1. The maximum Gasteiger partial charge on any atom is 0.182 e. The molecule has 7 heteroatoms. The fourth-order valence-electron chi connectivity index (χ4n) is 3.62. The predicted molar refractivity (Wildman–Crippen MR) is 109 cm³/mol. The second kappa shape index (κ2) is 7.01. The van der Waals surface area contributed by atoms with Crippen LogP contribution in [0.25, 0.3) is 16.7 Å². The van der Waals surface area contributed by atoms with Crippen LogP contribution in [0.2, 0.25) is 0 Å². The number of hydrogen-bond acceptors (Lipinski definition) is 5. The summed E-state index contributed by atoms with van der Waals surface area (Å²) in [6, 6.07) is 14.4. The molecule has 144 valence electrons.